The summed E-state index contributed by atoms with van der Waals surface area (Å²) in [5.41, 5.74) is 1.26. The molecule has 23 heavy (non-hydrogen) atoms. The topological polar surface area (TPSA) is 35.6 Å². The molecule has 0 aromatic heterocycles. The minimum Gasteiger partial charge on any atom is -0.368 e. The van der Waals surface area contributed by atoms with Crippen LogP contribution in [0.15, 0.2) is 30.3 Å². The number of thioether (sulfide) groups is 1. The lowest BCUT2D eigenvalue weighted by Gasteiger charge is -2.37. The third kappa shape index (κ3) is 5.75. The molecule has 1 N–H and O–H groups in total. The van der Waals surface area contributed by atoms with Crippen molar-refractivity contribution in [1.29, 1.82) is 0 Å². The lowest BCUT2D eigenvalue weighted by molar-refractivity contribution is -0.131. The quantitative estimate of drug-likeness (QED) is 0.876. The zero-order valence-corrected chi connectivity index (χ0v) is 15.6. The van der Waals surface area contributed by atoms with Crippen LogP contribution >= 0.6 is 36.6 Å². The van der Waals surface area contributed by atoms with Crippen molar-refractivity contribution in [2.75, 3.05) is 49.1 Å². The van der Waals surface area contributed by atoms with Crippen molar-refractivity contribution in [3.63, 3.8) is 0 Å². The first-order valence-electron chi connectivity index (χ1n) is 7.72. The molecule has 1 amide bonds. The van der Waals surface area contributed by atoms with Gasteiger partial charge in [-0.3, -0.25) is 4.79 Å². The van der Waals surface area contributed by atoms with Crippen LogP contribution in [-0.4, -0.2) is 61.1 Å². The van der Waals surface area contributed by atoms with Gasteiger partial charge in [-0.15, -0.1) is 24.8 Å². The monoisotopic (exact) mass is 377 g/mol. The fourth-order valence-corrected chi connectivity index (χ4v) is 3.89. The zero-order valence-electron chi connectivity index (χ0n) is 13.1. The maximum atomic E-state index is 12.4. The van der Waals surface area contributed by atoms with Gasteiger partial charge in [-0.1, -0.05) is 18.2 Å². The van der Waals surface area contributed by atoms with Crippen molar-refractivity contribution in [3.05, 3.63) is 30.3 Å². The number of amides is 1. The molecule has 1 unspecified atom stereocenters. The van der Waals surface area contributed by atoms with E-state index in [0.717, 1.165) is 38.5 Å². The second kappa shape index (κ2) is 10.3. The highest BCUT2D eigenvalue weighted by atomic mass is 35.5. The van der Waals surface area contributed by atoms with Crippen molar-refractivity contribution in [3.8, 4) is 0 Å². The van der Waals surface area contributed by atoms with Crippen LogP contribution in [0.1, 0.15) is 6.42 Å². The number of para-hydroxylation sites is 1. The summed E-state index contributed by atoms with van der Waals surface area (Å²) in [7, 11) is 0. The first-order valence-corrected chi connectivity index (χ1v) is 8.87. The molecule has 0 spiro atoms. The first kappa shape index (κ1) is 20.4. The van der Waals surface area contributed by atoms with E-state index in [0.29, 0.717) is 18.4 Å². The van der Waals surface area contributed by atoms with E-state index < -0.39 is 0 Å². The molecular weight excluding hydrogens is 353 g/mol. The molecule has 2 fully saturated rings. The smallest absolute Gasteiger partial charge is 0.224 e. The van der Waals surface area contributed by atoms with Gasteiger partial charge in [0.15, 0.2) is 0 Å². The van der Waals surface area contributed by atoms with E-state index in [1.54, 1.807) is 0 Å². The van der Waals surface area contributed by atoms with Gasteiger partial charge in [-0.05, 0) is 12.1 Å². The number of carbonyl (C=O) groups excluding carboxylic acids is 1. The molecular formula is C16H25Cl2N3OS. The zero-order chi connectivity index (χ0) is 14.5. The molecule has 0 saturated carbocycles. The predicted molar refractivity (Wildman–Crippen MR) is 103 cm³/mol. The number of nitrogens with zero attached hydrogens (tertiary/aromatic N) is 2. The molecule has 0 aliphatic carbocycles. The third-order valence-electron chi connectivity index (χ3n) is 4.17. The summed E-state index contributed by atoms with van der Waals surface area (Å²) >= 11 is 1.95. The molecule has 2 aliphatic rings. The van der Waals surface area contributed by atoms with E-state index in [1.807, 2.05) is 22.7 Å². The number of benzene rings is 1. The van der Waals surface area contributed by atoms with Gasteiger partial charge in [-0.2, -0.15) is 11.8 Å². The SMILES string of the molecule is Cl.Cl.O=C(CC1CSCCN1)N1CCN(c2ccccc2)CC1. The maximum absolute atomic E-state index is 12.4. The van der Waals surface area contributed by atoms with Crippen LogP contribution in [0.2, 0.25) is 0 Å². The Balaban J connectivity index is 0.00000132. The van der Waals surface area contributed by atoms with E-state index in [1.165, 1.54) is 11.4 Å². The molecule has 0 radical (unpaired) electrons. The predicted octanol–water partition coefficient (Wildman–Crippen LogP) is 2.27. The molecule has 3 rings (SSSR count). The van der Waals surface area contributed by atoms with Crippen LogP contribution in [0.5, 0.6) is 0 Å². The molecule has 7 heteroatoms. The van der Waals surface area contributed by atoms with E-state index in [4.69, 9.17) is 0 Å². The van der Waals surface area contributed by atoms with E-state index >= 15 is 0 Å². The van der Waals surface area contributed by atoms with Crippen molar-refractivity contribution in [2.24, 2.45) is 0 Å². The van der Waals surface area contributed by atoms with Gasteiger partial charge in [0.25, 0.3) is 0 Å². The highest BCUT2D eigenvalue weighted by Crippen LogP contribution is 2.17. The third-order valence-corrected chi connectivity index (χ3v) is 5.30. The summed E-state index contributed by atoms with van der Waals surface area (Å²) in [6, 6.07) is 10.8. The Hall–Kier alpha value is -0.620. The van der Waals surface area contributed by atoms with Crippen molar-refractivity contribution < 1.29 is 4.79 Å². The van der Waals surface area contributed by atoms with Gasteiger partial charge in [0, 0.05) is 62.4 Å². The van der Waals surface area contributed by atoms with Gasteiger partial charge in [0.1, 0.15) is 0 Å². The number of piperazine rings is 1. The van der Waals surface area contributed by atoms with Gasteiger partial charge >= 0.3 is 0 Å². The number of hydrogen-bond acceptors (Lipinski definition) is 4. The standard InChI is InChI=1S/C16H23N3OS.2ClH/c20-16(12-14-13-21-11-6-17-14)19-9-7-18(8-10-19)15-4-2-1-3-5-15;;/h1-5,14,17H,6-13H2;2*1H. The Labute approximate surface area is 155 Å². The number of carbonyl (C=O) groups is 1. The van der Waals surface area contributed by atoms with Gasteiger partial charge < -0.3 is 15.1 Å². The minimum absolute atomic E-state index is 0. The van der Waals surface area contributed by atoms with Crippen LogP contribution in [0, 0.1) is 0 Å². The second-order valence-corrected chi connectivity index (χ2v) is 6.78. The Kier molecular flexibility index (Phi) is 9.14. The first-order chi connectivity index (χ1) is 10.3. The van der Waals surface area contributed by atoms with E-state index in [9.17, 15) is 4.79 Å². The number of rotatable bonds is 3. The Morgan fingerprint density at radius 3 is 2.43 bits per heavy atom. The van der Waals surface area contributed by atoms with Crippen LogP contribution in [-0.2, 0) is 4.79 Å². The number of hydrogen-bond donors (Lipinski definition) is 1. The van der Waals surface area contributed by atoms with Crippen molar-refractivity contribution >= 4 is 48.2 Å². The summed E-state index contributed by atoms with van der Waals surface area (Å²) in [6.45, 7) is 4.58. The van der Waals surface area contributed by atoms with E-state index in [-0.39, 0.29) is 24.8 Å². The summed E-state index contributed by atoms with van der Waals surface area (Å²) in [5, 5.41) is 3.44. The summed E-state index contributed by atoms with van der Waals surface area (Å²) < 4.78 is 0. The largest absolute Gasteiger partial charge is 0.368 e. The molecule has 1 atom stereocenters. The molecule has 130 valence electrons. The number of halogens is 2. The molecule has 2 heterocycles. The lowest BCUT2D eigenvalue weighted by Crippen LogP contribution is -2.50. The highest BCUT2D eigenvalue weighted by Gasteiger charge is 2.24. The molecule has 1 aromatic carbocycles. The van der Waals surface area contributed by atoms with Crippen LogP contribution in [0.25, 0.3) is 0 Å². The Morgan fingerprint density at radius 2 is 1.83 bits per heavy atom. The van der Waals surface area contributed by atoms with E-state index in [2.05, 4.69) is 34.5 Å². The summed E-state index contributed by atoms with van der Waals surface area (Å²) in [5.74, 6) is 2.54. The molecule has 2 aliphatic heterocycles. The van der Waals surface area contributed by atoms with Crippen molar-refractivity contribution in [2.45, 2.75) is 12.5 Å². The maximum Gasteiger partial charge on any atom is 0.224 e. The second-order valence-electron chi connectivity index (χ2n) is 5.63. The molecule has 0 bridgehead atoms. The average Bonchev–Trinajstić information content (AvgIpc) is 2.57. The van der Waals surface area contributed by atoms with Gasteiger partial charge in [0.2, 0.25) is 5.91 Å². The van der Waals surface area contributed by atoms with Crippen molar-refractivity contribution in [1.82, 2.24) is 10.2 Å². The number of anilines is 1. The highest BCUT2D eigenvalue weighted by molar-refractivity contribution is 7.99. The summed E-state index contributed by atoms with van der Waals surface area (Å²) in [4.78, 5) is 16.8. The molecule has 4 nitrogen and oxygen atoms in total. The Morgan fingerprint density at radius 1 is 1.13 bits per heavy atom. The van der Waals surface area contributed by atoms with Crippen LogP contribution in [0.3, 0.4) is 0 Å². The summed E-state index contributed by atoms with van der Waals surface area (Å²) in [6.07, 6.45) is 0.651. The molecule has 1 aromatic rings. The van der Waals surface area contributed by atoms with Crippen LogP contribution < -0.4 is 10.2 Å². The van der Waals surface area contributed by atoms with Gasteiger partial charge in [-0.25, -0.2) is 0 Å². The lowest BCUT2D eigenvalue weighted by atomic mass is 10.2. The van der Waals surface area contributed by atoms with Crippen LogP contribution in [0.4, 0.5) is 5.69 Å². The average molecular weight is 378 g/mol. The molecule has 2 saturated heterocycles. The minimum atomic E-state index is 0. The fraction of sp³-hybridized carbons (Fsp3) is 0.562. The Bertz CT molecular complexity index is 464. The fourth-order valence-electron chi connectivity index (χ4n) is 2.94. The normalized spacial score (nSPS) is 21.1. The number of nitrogens with one attached hydrogen (secondary N) is 1. The van der Waals surface area contributed by atoms with Gasteiger partial charge in [0.05, 0.1) is 0 Å².